The Hall–Kier alpha value is -6.16. The van der Waals surface area contributed by atoms with Gasteiger partial charge in [0, 0.05) is 45.3 Å². The summed E-state index contributed by atoms with van der Waals surface area (Å²) in [6, 6.07) is 50.0. The van der Waals surface area contributed by atoms with Gasteiger partial charge in [0.1, 0.15) is 79.9 Å². The van der Waals surface area contributed by atoms with E-state index in [-0.39, 0.29) is 0 Å². The zero-order chi connectivity index (χ0) is 42.8. The smallest absolute Gasteiger partial charge is 0.132 e. The molecule has 0 amide bonds. The fraction of sp³-hybridized carbons (Fsp3) is 0.222. The van der Waals surface area contributed by atoms with E-state index in [1.165, 1.54) is 11.1 Å². The SMILES string of the molecule is COc1c2cc(C)cc1COc1ccc(cc1)COc1cc3c(cc1CSCc1ccc(cc1)OCc1ccccc1COc1ccc(cc1)CSC3)OCc1ccc(cc1)OC2. The van der Waals surface area contributed by atoms with Gasteiger partial charge in [0.2, 0.25) is 0 Å². The summed E-state index contributed by atoms with van der Waals surface area (Å²) in [6.45, 7) is 4.56. The first kappa shape index (κ1) is 42.2. The number of hydrogen-bond acceptors (Lipinski definition) is 9. The van der Waals surface area contributed by atoms with Crippen LogP contribution in [0.3, 0.4) is 0 Å². The van der Waals surface area contributed by atoms with Crippen LogP contribution in [0.2, 0.25) is 0 Å². The van der Waals surface area contributed by atoms with Crippen molar-refractivity contribution in [1.82, 2.24) is 0 Å². The molecule has 7 aromatic rings. The summed E-state index contributed by atoms with van der Waals surface area (Å²) >= 11 is 3.70. The molecule has 0 saturated carbocycles. The normalized spacial score (nSPS) is 14.5. The Morgan fingerprint density at radius 1 is 0.365 bits per heavy atom. The Morgan fingerprint density at radius 3 is 1.11 bits per heavy atom. The Morgan fingerprint density at radius 2 is 0.730 bits per heavy atom. The fourth-order valence-electron chi connectivity index (χ4n) is 7.63. The van der Waals surface area contributed by atoms with Gasteiger partial charge in [-0.15, -0.1) is 0 Å². The topological polar surface area (TPSA) is 64.6 Å². The second kappa shape index (κ2) is 20.4. The van der Waals surface area contributed by atoms with Crippen molar-refractivity contribution in [3.8, 4) is 40.2 Å². The lowest BCUT2D eigenvalue weighted by Gasteiger charge is -2.18. The standard InChI is InChI=1S/C54H50O7S2/c1-37-23-44-31-58-48-15-7-38(8-16-48)27-60-52-26-47-36-63-34-41-13-21-51(22-14-41)57-30-43-6-4-3-5-42(43)29-56-50-19-11-40(12-20-50)33-62-35-46(52)25-53(47)61-28-39-9-17-49(18-10-39)59-32-45(24-37)54(44)55-2/h3-26H,27-36H2,1-2H3. The van der Waals surface area contributed by atoms with Crippen molar-refractivity contribution in [2.45, 2.75) is 69.6 Å². The molecule has 12 aliphatic heterocycles. The van der Waals surface area contributed by atoms with Crippen LogP contribution in [0.1, 0.15) is 61.2 Å². The minimum atomic E-state index is 0.364. The average Bonchev–Trinajstić information content (AvgIpc) is 3.31. The molecule has 0 radical (unpaired) electrons. The minimum absolute atomic E-state index is 0.364. The molecule has 7 aromatic carbocycles. The molecule has 63 heavy (non-hydrogen) atoms. The molecule has 0 atom stereocenters. The van der Waals surface area contributed by atoms with Crippen LogP contribution in [-0.2, 0) is 62.7 Å². The summed E-state index contributed by atoms with van der Waals surface area (Å²) in [5.41, 5.74) is 12.0. The van der Waals surface area contributed by atoms with Crippen molar-refractivity contribution in [2.75, 3.05) is 7.11 Å². The summed E-state index contributed by atoms with van der Waals surface area (Å²) < 4.78 is 44.5. The van der Waals surface area contributed by atoms with E-state index in [1.54, 1.807) is 7.11 Å². The minimum Gasteiger partial charge on any atom is -0.496 e. The summed E-state index contributed by atoms with van der Waals surface area (Å²) in [5.74, 6) is 8.83. The first-order valence-corrected chi connectivity index (χ1v) is 23.5. The van der Waals surface area contributed by atoms with Gasteiger partial charge in [0.25, 0.3) is 0 Å². The molecule has 9 heteroatoms. The maximum Gasteiger partial charge on any atom is 0.132 e. The van der Waals surface area contributed by atoms with Crippen molar-refractivity contribution in [3.63, 3.8) is 0 Å². The van der Waals surface area contributed by atoms with E-state index >= 15 is 0 Å². The van der Waals surface area contributed by atoms with Gasteiger partial charge in [-0.3, -0.25) is 0 Å². The van der Waals surface area contributed by atoms with Crippen LogP contribution in [0.4, 0.5) is 0 Å². The molecular weight excluding hydrogens is 825 g/mol. The highest BCUT2D eigenvalue weighted by Gasteiger charge is 2.17. The highest BCUT2D eigenvalue weighted by molar-refractivity contribution is 7.98. The number of methoxy groups -OCH3 is 1. The molecule has 0 spiro atoms. The van der Waals surface area contributed by atoms with Crippen LogP contribution in [0, 0.1) is 6.92 Å². The first-order valence-electron chi connectivity index (χ1n) is 21.2. The number of benzene rings is 7. The second-order valence-corrected chi connectivity index (χ2v) is 17.7. The van der Waals surface area contributed by atoms with Crippen molar-refractivity contribution in [1.29, 1.82) is 0 Å². The van der Waals surface area contributed by atoms with Gasteiger partial charge >= 0.3 is 0 Å². The molecule has 19 rings (SSSR count). The van der Waals surface area contributed by atoms with E-state index in [4.69, 9.17) is 33.2 Å². The van der Waals surface area contributed by atoms with Gasteiger partial charge in [-0.2, -0.15) is 23.5 Å². The lowest BCUT2D eigenvalue weighted by molar-refractivity contribution is 0.282. The van der Waals surface area contributed by atoms with Gasteiger partial charge < -0.3 is 33.2 Å². The molecule has 12 heterocycles. The molecule has 0 N–H and O–H groups in total. The summed E-state index contributed by atoms with van der Waals surface area (Å²) in [4.78, 5) is 0. The average molecular weight is 875 g/mol. The highest BCUT2D eigenvalue weighted by Crippen LogP contribution is 2.37. The number of thioether (sulfide) groups is 2. The lowest BCUT2D eigenvalue weighted by Crippen LogP contribution is -2.05. The third kappa shape index (κ3) is 11.1. The summed E-state index contributed by atoms with van der Waals surface area (Å²) in [7, 11) is 1.69. The van der Waals surface area contributed by atoms with Crippen LogP contribution in [0.5, 0.6) is 40.2 Å². The van der Waals surface area contributed by atoms with Crippen LogP contribution in [-0.4, -0.2) is 7.11 Å². The Labute approximate surface area is 378 Å². The van der Waals surface area contributed by atoms with E-state index in [0.717, 1.165) is 113 Å². The molecular formula is C54H50O7S2. The Bertz CT molecular complexity index is 2430. The monoisotopic (exact) mass is 874 g/mol. The second-order valence-electron chi connectivity index (χ2n) is 15.7. The molecule has 320 valence electrons. The molecule has 0 aliphatic carbocycles. The molecule has 12 aliphatic rings. The largest absolute Gasteiger partial charge is 0.496 e. The van der Waals surface area contributed by atoms with E-state index in [2.05, 4.69) is 116 Å². The van der Waals surface area contributed by atoms with Crippen LogP contribution in [0.25, 0.3) is 0 Å². The van der Waals surface area contributed by atoms with Crippen LogP contribution in [0.15, 0.2) is 146 Å². The maximum absolute atomic E-state index is 6.72. The third-order valence-corrected chi connectivity index (χ3v) is 13.2. The van der Waals surface area contributed by atoms with Gasteiger partial charge in [-0.05, 0) is 113 Å². The van der Waals surface area contributed by atoms with Crippen molar-refractivity contribution < 1.29 is 33.2 Å². The maximum atomic E-state index is 6.72. The Balaban J connectivity index is 1.02. The predicted octanol–water partition coefficient (Wildman–Crippen LogP) is 13.0. The van der Waals surface area contributed by atoms with Crippen molar-refractivity contribution in [2.24, 2.45) is 0 Å². The number of ether oxygens (including phenoxy) is 7. The predicted molar refractivity (Wildman–Crippen MR) is 252 cm³/mol. The van der Waals surface area contributed by atoms with Gasteiger partial charge in [0.15, 0.2) is 0 Å². The van der Waals surface area contributed by atoms with Crippen molar-refractivity contribution in [3.05, 3.63) is 207 Å². The van der Waals surface area contributed by atoms with E-state index in [0.29, 0.717) is 39.6 Å². The van der Waals surface area contributed by atoms with E-state index in [9.17, 15) is 0 Å². The van der Waals surface area contributed by atoms with Gasteiger partial charge in [-0.25, -0.2) is 0 Å². The molecule has 7 nitrogen and oxygen atoms in total. The molecule has 14 bridgehead atoms. The van der Waals surface area contributed by atoms with E-state index < -0.39 is 0 Å². The number of rotatable bonds is 1. The summed E-state index contributed by atoms with van der Waals surface area (Å²) in [6.07, 6.45) is 0. The van der Waals surface area contributed by atoms with Crippen LogP contribution >= 0.6 is 23.5 Å². The summed E-state index contributed by atoms with van der Waals surface area (Å²) in [5, 5.41) is 0. The zero-order valence-electron chi connectivity index (χ0n) is 35.6. The number of aryl methyl sites for hydroxylation is 1. The van der Waals surface area contributed by atoms with Crippen molar-refractivity contribution >= 4 is 23.5 Å². The number of hydrogen-bond donors (Lipinski definition) is 0. The fourth-order valence-corrected chi connectivity index (χ4v) is 9.59. The molecule has 0 fully saturated rings. The van der Waals surface area contributed by atoms with Crippen LogP contribution < -0.4 is 33.2 Å². The highest BCUT2D eigenvalue weighted by atomic mass is 32.2. The third-order valence-electron chi connectivity index (χ3n) is 11.1. The quantitative estimate of drug-likeness (QED) is 0.160. The molecule has 0 saturated heterocycles. The van der Waals surface area contributed by atoms with E-state index in [1.807, 2.05) is 59.9 Å². The Kier molecular flexibility index (Phi) is 13.6. The lowest BCUT2D eigenvalue weighted by atomic mass is 10.1. The molecule has 0 aromatic heterocycles. The van der Waals surface area contributed by atoms with Gasteiger partial charge in [0.05, 0.1) is 7.11 Å². The molecule has 0 unspecified atom stereocenters. The first-order chi connectivity index (χ1) is 31.0. The van der Waals surface area contributed by atoms with Gasteiger partial charge in [-0.1, -0.05) is 78.4 Å². The zero-order valence-corrected chi connectivity index (χ0v) is 37.2.